The summed E-state index contributed by atoms with van der Waals surface area (Å²) in [5.41, 5.74) is 0.467. The Balaban J connectivity index is 2.28. The minimum absolute atomic E-state index is 0.0714. The van der Waals surface area contributed by atoms with Crippen molar-refractivity contribution in [2.24, 2.45) is 0 Å². The van der Waals surface area contributed by atoms with Crippen molar-refractivity contribution in [3.63, 3.8) is 0 Å². The molecule has 0 radical (unpaired) electrons. The van der Waals surface area contributed by atoms with Gasteiger partial charge in [0, 0.05) is 6.04 Å². The van der Waals surface area contributed by atoms with Gasteiger partial charge in [0.1, 0.15) is 0 Å². The van der Waals surface area contributed by atoms with Crippen LogP contribution in [0.4, 0.5) is 8.78 Å². The van der Waals surface area contributed by atoms with Crippen molar-refractivity contribution < 1.29 is 17.2 Å². The van der Waals surface area contributed by atoms with E-state index in [-0.39, 0.29) is 11.5 Å². The molecule has 1 unspecified atom stereocenters. The first kappa shape index (κ1) is 12.4. The minimum Gasteiger partial charge on any atom is -0.309 e. The Morgan fingerprint density at radius 1 is 1.24 bits per heavy atom. The van der Waals surface area contributed by atoms with Gasteiger partial charge < -0.3 is 5.32 Å². The van der Waals surface area contributed by atoms with E-state index in [0.29, 0.717) is 18.5 Å². The molecule has 1 heterocycles. The van der Waals surface area contributed by atoms with Crippen LogP contribution in [0.3, 0.4) is 0 Å². The van der Waals surface area contributed by atoms with E-state index in [1.54, 1.807) is 0 Å². The summed E-state index contributed by atoms with van der Waals surface area (Å²) in [6, 6.07) is 3.02. The quantitative estimate of drug-likeness (QED) is 0.831. The molecular weight excluding hydrogens is 248 g/mol. The fourth-order valence-corrected chi connectivity index (χ4v) is 3.48. The predicted octanol–water partition coefficient (Wildman–Crippen LogP) is 1.41. The minimum atomic E-state index is -3.12. The zero-order chi connectivity index (χ0) is 12.5. The third-order valence-electron chi connectivity index (χ3n) is 2.79. The Morgan fingerprint density at radius 2 is 2.00 bits per heavy atom. The lowest BCUT2D eigenvalue weighted by Gasteiger charge is -2.15. The molecule has 17 heavy (non-hydrogen) atoms. The molecule has 1 aliphatic rings. The third-order valence-corrected chi connectivity index (χ3v) is 4.54. The van der Waals surface area contributed by atoms with Gasteiger partial charge in [0.2, 0.25) is 0 Å². The summed E-state index contributed by atoms with van der Waals surface area (Å²) in [6.07, 6.45) is 0.544. The second kappa shape index (κ2) is 4.70. The standard InChI is InChI=1S/C11H13F2NO2S/c12-9-3-2-8(6-10(9)13)11-7-17(15,16)5-1-4-14-11/h2-3,6,11,14H,1,4-5,7H2. The molecule has 0 bridgehead atoms. The predicted molar refractivity (Wildman–Crippen MR) is 60.4 cm³/mol. The molecule has 0 saturated carbocycles. The van der Waals surface area contributed by atoms with Crippen molar-refractivity contribution in [1.29, 1.82) is 0 Å². The maximum atomic E-state index is 13.1. The third kappa shape index (κ3) is 3.01. The van der Waals surface area contributed by atoms with E-state index < -0.39 is 27.5 Å². The van der Waals surface area contributed by atoms with Gasteiger partial charge in [-0.15, -0.1) is 0 Å². The fraction of sp³-hybridized carbons (Fsp3) is 0.455. The van der Waals surface area contributed by atoms with E-state index in [0.717, 1.165) is 12.1 Å². The molecule has 1 aromatic rings. The van der Waals surface area contributed by atoms with Crippen LogP contribution in [-0.2, 0) is 9.84 Å². The number of halogens is 2. The van der Waals surface area contributed by atoms with Crippen LogP contribution in [0.5, 0.6) is 0 Å². The molecule has 0 aromatic heterocycles. The second-order valence-electron chi connectivity index (χ2n) is 4.15. The molecule has 2 rings (SSSR count). The van der Waals surface area contributed by atoms with Crippen molar-refractivity contribution in [3.8, 4) is 0 Å². The normalized spacial score (nSPS) is 24.2. The van der Waals surface area contributed by atoms with Gasteiger partial charge in [0.05, 0.1) is 11.5 Å². The Labute approximate surface area is 98.8 Å². The molecule has 0 spiro atoms. The van der Waals surface area contributed by atoms with Gasteiger partial charge in [0.25, 0.3) is 0 Å². The van der Waals surface area contributed by atoms with Crippen molar-refractivity contribution >= 4 is 9.84 Å². The van der Waals surface area contributed by atoms with Gasteiger partial charge in [-0.1, -0.05) is 6.07 Å². The van der Waals surface area contributed by atoms with E-state index >= 15 is 0 Å². The highest BCUT2D eigenvalue weighted by Gasteiger charge is 2.24. The zero-order valence-electron chi connectivity index (χ0n) is 9.12. The van der Waals surface area contributed by atoms with E-state index in [4.69, 9.17) is 0 Å². The molecule has 1 fully saturated rings. The van der Waals surface area contributed by atoms with Crippen LogP contribution in [0.2, 0.25) is 0 Å². The molecule has 1 atom stereocenters. The first-order chi connectivity index (χ1) is 7.98. The van der Waals surface area contributed by atoms with E-state index in [1.807, 2.05) is 0 Å². The largest absolute Gasteiger partial charge is 0.309 e. The Hall–Kier alpha value is -1.01. The second-order valence-corrected chi connectivity index (χ2v) is 6.38. The van der Waals surface area contributed by atoms with Gasteiger partial charge in [0.15, 0.2) is 21.5 Å². The van der Waals surface area contributed by atoms with Crippen molar-refractivity contribution in [2.45, 2.75) is 12.5 Å². The van der Waals surface area contributed by atoms with E-state index in [9.17, 15) is 17.2 Å². The fourth-order valence-electron chi connectivity index (χ4n) is 1.91. The van der Waals surface area contributed by atoms with Crippen LogP contribution in [0.1, 0.15) is 18.0 Å². The summed E-state index contributed by atoms with van der Waals surface area (Å²) in [4.78, 5) is 0. The average Bonchev–Trinajstić information content (AvgIpc) is 2.43. The summed E-state index contributed by atoms with van der Waals surface area (Å²) in [6.45, 7) is 0.558. The van der Waals surface area contributed by atoms with Crippen LogP contribution in [0.25, 0.3) is 0 Å². The number of hydrogen-bond acceptors (Lipinski definition) is 3. The Morgan fingerprint density at radius 3 is 2.71 bits per heavy atom. The molecule has 0 amide bonds. The summed E-state index contributed by atoms with van der Waals surface area (Å²) < 4.78 is 49.1. The number of benzene rings is 1. The van der Waals surface area contributed by atoms with Crippen molar-refractivity contribution in [3.05, 3.63) is 35.4 Å². The molecule has 3 nitrogen and oxygen atoms in total. The summed E-state index contributed by atoms with van der Waals surface area (Å²) in [7, 11) is -3.12. The highest BCUT2D eigenvalue weighted by molar-refractivity contribution is 7.91. The topological polar surface area (TPSA) is 46.2 Å². The van der Waals surface area contributed by atoms with Crippen LogP contribution < -0.4 is 5.32 Å². The molecule has 94 valence electrons. The van der Waals surface area contributed by atoms with Gasteiger partial charge in [-0.2, -0.15) is 0 Å². The Bertz CT molecular complexity index is 516. The van der Waals surface area contributed by atoms with Gasteiger partial charge >= 0.3 is 0 Å². The first-order valence-corrected chi connectivity index (χ1v) is 7.19. The maximum absolute atomic E-state index is 13.1. The van der Waals surface area contributed by atoms with Crippen LogP contribution in [0, 0.1) is 11.6 Å². The summed E-state index contributed by atoms with van der Waals surface area (Å²) in [5.74, 6) is -1.81. The number of rotatable bonds is 1. The van der Waals surface area contributed by atoms with Crippen LogP contribution in [0.15, 0.2) is 18.2 Å². The monoisotopic (exact) mass is 261 g/mol. The van der Waals surface area contributed by atoms with Crippen molar-refractivity contribution in [1.82, 2.24) is 5.32 Å². The summed E-state index contributed by atoms with van der Waals surface area (Å²) in [5, 5.41) is 3.03. The maximum Gasteiger partial charge on any atom is 0.159 e. The number of nitrogens with one attached hydrogen (secondary N) is 1. The van der Waals surface area contributed by atoms with Crippen LogP contribution in [-0.4, -0.2) is 26.5 Å². The molecular formula is C11H13F2NO2S. The smallest absolute Gasteiger partial charge is 0.159 e. The van der Waals surface area contributed by atoms with E-state index in [2.05, 4.69) is 5.32 Å². The SMILES string of the molecule is O=S1(=O)CCCNC(c2ccc(F)c(F)c2)C1. The molecule has 1 N–H and O–H groups in total. The number of hydrogen-bond donors (Lipinski definition) is 1. The highest BCUT2D eigenvalue weighted by atomic mass is 32.2. The highest BCUT2D eigenvalue weighted by Crippen LogP contribution is 2.20. The molecule has 1 aliphatic heterocycles. The lowest BCUT2D eigenvalue weighted by molar-refractivity contribution is 0.501. The van der Waals surface area contributed by atoms with E-state index in [1.165, 1.54) is 6.07 Å². The van der Waals surface area contributed by atoms with Gasteiger partial charge in [-0.25, -0.2) is 17.2 Å². The first-order valence-electron chi connectivity index (χ1n) is 5.37. The molecule has 1 saturated heterocycles. The van der Waals surface area contributed by atoms with Crippen molar-refractivity contribution in [2.75, 3.05) is 18.1 Å². The lowest BCUT2D eigenvalue weighted by Crippen LogP contribution is -2.25. The molecule has 0 aliphatic carbocycles. The lowest BCUT2D eigenvalue weighted by atomic mass is 10.1. The van der Waals surface area contributed by atoms with Gasteiger partial charge in [-0.3, -0.25) is 0 Å². The Kier molecular flexibility index (Phi) is 3.44. The zero-order valence-corrected chi connectivity index (χ0v) is 9.93. The number of sulfone groups is 1. The average molecular weight is 261 g/mol. The molecule has 1 aromatic carbocycles. The van der Waals surface area contributed by atoms with Gasteiger partial charge in [-0.05, 0) is 30.7 Å². The van der Waals surface area contributed by atoms with Crippen LogP contribution >= 0.6 is 0 Å². The molecule has 6 heteroatoms. The summed E-state index contributed by atoms with van der Waals surface area (Å²) >= 11 is 0.